The number of benzene rings is 2. The van der Waals surface area contributed by atoms with Crippen LogP contribution < -0.4 is 10.1 Å². The molecule has 0 bridgehead atoms. The first-order chi connectivity index (χ1) is 9.40. The van der Waals surface area contributed by atoms with Gasteiger partial charge in [-0.15, -0.1) is 0 Å². The van der Waals surface area contributed by atoms with Gasteiger partial charge in [-0.25, -0.2) is 0 Å². The zero-order valence-corrected chi connectivity index (χ0v) is 11.4. The molecule has 0 spiro atoms. The van der Waals surface area contributed by atoms with E-state index in [9.17, 15) is 0 Å². The van der Waals surface area contributed by atoms with Gasteiger partial charge < -0.3 is 10.1 Å². The highest BCUT2D eigenvalue weighted by Crippen LogP contribution is 2.15. The van der Waals surface area contributed by atoms with Crippen LogP contribution in [-0.2, 0) is 0 Å². The molecular weight excluding hydrogens is 234 g/mol. The van der Waals surface area contributed by atoms with Gasteiger partial charge >= 0.3 is 0 Å². The lowest BCUT2D eigenvalue weighted by molar-refractivity contribution is 0.304. The van der Waals surface area contributed by atoms with Crippen LogP contribution in [0.15, 0.2) is 60.7 Å². The van der Waals surface area contributed by atoms with E-state index in [1.807, 2.05) is 30.3 Å². The number of rotatable bonds is 7. The lowest BCUT2D eigenvalue weighted by Gasteiger charge is -2.17. The lowest BCUT2D eigenvalue weighted by Crippen LogP contribution is -2.25. The van der Waals surface area contributed by atoms with Crippen molar-refractivity contribution in [3.05, 3.63) is 66.2 Å². The molecule has 0 aliphatic carbocycles. The molecule has 2 aromatic rings. The molecule has 0 aliphatic heterocycles. The summed E-state index contributed by atoms with van der Waals surface area (Å²) in [6.45, 7) is 3.73. The zero-order valence-electron chi connectivity index (χ0n) is 11.4. The molecule has 0 amide bonds. The molecule has 1 atom stereocenters. The predicted molar refractivity (Wildman–Crippen MR) is 79.4 cm³/mol. The quantitative estimate of drug-likeness (QED) is 0.760. The van der Waals surface area contributed by atoms with Crippen molar-refractivity contribution in [1.82, 2.24) is 5.32 Å². The number of para-hydroxylation sites is 1. The zero-order chi connectivity index (χ0) is 13.3. The van der Waals surface area contributed by atoms with Gasteiger partial charge in [0.25, 0.3) is 0 Å². The SMILES string of the molecule is CCC(NCCOc1ccccc1)c1ccccc1. The van der Waals surface area contributed by atoms with E-state index in [-0.39, 0.29) is 0 Å². The highest BCUT2D eigenvalue weighted by Gasteiger charge is 2.07. The number of nitrogens with one attached hydrogen (secondary N) is 1. The second kappa shape index (κ2) is 7.59. The topological polar surface area (TPSA) is 21.3 Å². The fraction of sp³-hybridized carbons (Fsp3) is 0.294. The minimum atomic E-state index is 0.403. The van der Waals surface area contributed by atoms with E-state index in [0.717, 1.165) is 18.7 Å². The van der Waals surface area contributed by atoms with E-state index < -0.39 is 0 Å². The predicted octanol–water partition coefficient (Wildman–Crippen LogP) is 3.81. The standard InChI is InChI=1S/C17H21NO/c1-2-17(15-9-5-3-6-10-15)18-13-14-19-16-11-7-4-8-12-16/h3-12,17-18H,2,13-14H2,1H3. The van der Waals surface area contributed by atoms with Crippen LogP contribution in [-0.4, -0.2) is 13.2 Å². The van der Waals surface area contributed by atoms with Gasteiger partial charge in [0.05, 0.1) is 0 Å². The Kier molecular flexibility index (Phi) is 5.45. The number of hydrogen-bond acceptors (Lipinski definition) is 2. The third-order valence-electron chi connectivity index (χ3n) is 3.11. The summed E-state index contributed by atoms with van der Waals surface area (Å²) < 4.78 is 5.67. The van der Waals surface area contributed by atoms with Crippen LogP contribution in [0, 0.1) is 0 Å². The van der Waals surface area contributed by atoms with E-state index in [2.05, 4.69) is 42.6 Å². The van der Waals surface area contributed by atoms with E-state index in [1.165, 1.54) is 5.56 Å². The van der Waals surface area contributed by atoms with Gasteiger partial charge in [-0.05, 0) is 24.1 Å². The minimum absolute atomic E-state index is 0.403. The van der Waals surface area contributed by atoms with Crippen LogP contribution >= 0.6 is 0 Å². The van der Waals surface area contributed by atoms with Crippen molar-refractivity contribution in [3.63, 3.8) is 0 Å². The first kappa shape index (κ1) is 13.6. The van der Waals surface area contributed by atoms with Crippen LogP contribution in [0.3, 0.4) is 0 Å². The van der Waals surface area contributed by atoms with Crippen molar-refractivity contribution in [1.29, 1.82) is 0 Å². The maximum absolute atomic E-state index is 5.67. The smallest absolute Gasteiger partial charge is 0.119 e. The van der Waals surface area contributed by atoms with Crippen molar-refractivity contribution >= 4 is 0 Å². The Bertz CT molecular complexity index is 455. The van der Waals surface area contributed by atoms with E-state index >= 15 is 0 Å². The Labute approximate surface area is 115 Å². The summed E-state index contributed by atoms with van der Waals surface area (Å²) in [7, 11) is 0. The normalized spacial score (nSPS) is 12.1. The van der Waals surface area contributed by atoms with Crippen LogP contribution in [0.5, 0.6) is 5.75 Å². The maximum atomic E-state index is 5.67. The summed E-state index contributed by atoms with van der Waals surface area (Å²) in [6.07, 6.45) is 1.08. The molecule has 0 aromatic heterocycles. The molecule has 0 radical (unpaired) electrons. The third-order valence-corrected chi connectivity index (χ3v) is 3.11. The van der Waals surface area contributed by atoms with Crippen molar-refractivity contribution in [2.24, 2.45) is 0 Å². The van der Waals surface area contributed by atoms with Gasteiger partial charge in [0.2, 0.25) is 0 Å². The molecule has 0 saturated heterocycles. The fourth-order valence-corrected chi connectivity index (χ4v) is 2.10. The molecule has 100 valence electrons. The highest BCUT2D eigenvalue weighted by atomic mass is 16.5. The van der Waals surface area contributed by atoms with Crippen molar-refractivity contribution in [3.8, 4) is 5.75 Å². The summed E-state index contributed by atoms with van der Waals surface area (Å²) in [5, 5.41) is 3.53. The molecule has 1 unspecified atom stereocenters. The van der Waals surface area contributed by atoms with Crippen LogP contribution in [0.2, 0.25) is 0 Å². The van der Waals surface area contributed by atoms with E-state index in [4.69, 9.17) is 4.74 Å². The van der Waals surface area contributed by atoms with Crippen molar-refractivity contribution < 1.29 is 4.74 Å². The first-order valence-electron chi connectivity index (χ1n) is 6.86. The molecule has 0 aliphatic rings. The maximum Gasteiger partial charge on any atom is 0.119 e. The molecular formula is C17H21NO. The highest BCUT2D eigenvalue weighted by molar-refractivity contribution is 5.21. The van der Waals surface area contributed by atoms with E-state index in [1.54, 1.807) is 0 Å². The Morgan fingerprint density at radius 3 is 2.21 bits per heavy atom. The summed E-state index contributed by atoms with van der Waals surface area (Å²) in [6, 6.07) is 20.9. The number of ether oxygens (including phenoxy) is 1. The Hall–Kier alpha value is -1.80. The minimum Gasteiger partial charge on any atom is -0.492 e. The second-order valence-corrected chi connectivity index (χ2v) is 4.49. The molecule has 2 nitrogen and oxygen atoms in total. The second-order valence-electron chi connectivity index (χ2n) is 4.49. The van der Waals surface area contributed by atoms with Crippen molar-refractivity contribution in [2.75, 3.05) is 13.2 Å². The summed E-state index contributed by atoms with van der Waals surface area (Å²) in [5.41, 5.74) is 1.34. The Morgan fingerprint density at radius 1 is 0.947 bits per heavy atom. The largest absolute Gasteiger partial charge is 0.492 e. The lowest BCUT2D eigenvalue weighted by atomic mass is 10.1. The molecule has 19 heavy (non-hydrogen) atoms. The molecule has 0 fully saturated rings. The van der Waals surface area contributed by atoms with Gasteiger partial charge in [0, 0.05) is 12.6 Å². The monoisotopic (exact) mass is 255 g/mol. The molecule has 1 N–H and O–H groups in total. The molecule has 2 aromatic carbocycles. The molecule has 2 heteroatoms. The summed E-state index contributed by atoms with van der Waals surface area (Å²) >= 11 is 0. The average molecular weight is 255 g/mol. The van der Waals surface area contributed by atoms with Crippen molar-refractivity contribution in [2.45, 2.75) is 19.4 Å². The Morgan fingerprint density at radius 2 is 1.58 bits per heavy atom. The van der Waals surface area contributed by atoms with Gasteiger partial charge in [-0.1, -0.05) is 55.5 Å². The van der Waals surface area contributed by atoms with Crippen LogP contribution in [0.1, 0.15) is 24.9 Å². The summed E-state index contributed by atoms with van der Waals surface area (Å²) in [4.78, 5) is 0. The average Bonchev–Trinajstić information content (AvgIpc) is 2.49. The van der Waals surface area contributed by atoms with Gasteiger partial charge in [-0.3, -0.25) is 0 Å². The summed E-state index contributed by atoms with van der Waals surface area (Å²) in [5.74, 6) is 0.928. The van der Waals surface area contributed by atoms with Crippen LogP contribution in [0.25, 0.3) is 0 Å². The number of hydrogen-bond donors (Lipinski definition) is 1. The molecule has 2 rings (SSSR count). The molecule has 0 saturated carbocycles. The Balaban J connectivity index is 1.75. The van der Waals surface area contributed by atoms with Gasteiger partial charge in [-0.2, -0.15) is 0 Å². The fourth-order valence-electron chi connectivity index (χ4n) is 2.10. The first-order valence-corrected chi connectivity index (χ1v) is 6.86. The third kappa shape index (κ3) is 4.42. The van der Waals surface area contributed by atoms with E-state index in [0.29, 0.717) is 12.6 Å². The van der Waals surface area contributed by atoms with Crippen LogP contribution in [0.4, 0.5) is 0 Å². The molecule has 0 heterocycles. The van der Waals surface area contributed by atoms with Gasteiger partial charge in [0.15, 0.2) is 0 Å². The van der Waals surface area contributed by atoms with Gasteiger partial charge in [0.1, 0.15) is 12.4 Å².